The van der Waals surface area contributed by atoms with E-state index < -0.39 is 10.0 Å². The Morgan fingerprint density at radius 1 is 1.05 bits per heavy atom. The first-order valence-electron chi connectivity index (χ1n) is 11.6. The Morgan fingerprint density at radius 2 is 1.84 bits per heavy atom. The molecule has 1 saturated heterocycles. The van der Waals surface area contributed by atoms with Gasteiger partial charge in [-0.05, 0) is 86.2 Å². The van der Waals surface area contributed by atoms with Crippen molar-refractivity contribution < 1.29 is 12.8 Å². The molecule has 10 heteroatoms. The molecule has 3 heterocycles. The summed E-state index contributed by atoms with van der Waals surface area (Å²) in [5, 5.41) is 4.73. The molecular formula is C27H26N4O3S3. The highest BCUT2D eigenvalue weighted by Gasteiger charge is 2.42. The number of anilines is 2. The lowest BCUT2D eigenvalue weighted by Crippen LogP contribution is -2.29. The number of sulfonamides is 1. The van der Waals surface area contributed by atoms with Crippen molar-refractivity contribution in [2.45, 2.75) is 35.9 Å². The van der Waals surface area contributed by atoms with E-state index >= 15 is 0 Å². The molecule has 0 radical (unpaired) electrons. The Morgan fingerprint density at radius 3 is 2.51 bits per heavy atom. The maximum absolute atomic E-state index is 11.8. The predicted octanol–water partition coefficient (Wildman–Crippen LogP) is 5.99. The van der Waals surface area contributed by atoms with Gasteiger partial charge in [-0.15, -0.1) is 0 Å². The van der Waals surface area contributed by atoms with Gasteiger partial charge in [-0.2, -0.15) is 0 Å². The van der Waals surface area contributed by atoms with E-state index in [-0.39, 0.29) is 12.1 Å². The Kier molecular flexibility index (Phi) is 6.98. The van der Waals surface area contributed by atoms with Crippen molar-refractivity contribution in [2.75, 3.05) is 15.9 Å². The normalized spacial score (nSPS) is 17.6. The summed E-state index contributed by atoms with van der Waals surface area (Å²) < 4.78 is 32.5. The second kappa shape index (κ2) is 10.2. The van der Waals surface area contributed by atoms with Crippen LogP contribution in [0.5, 0.6) is 0 Å². The number of aromatic nitrogens is 1. The number of nitrogens with one attached hydrogen (secondary N) is 2. The maximum atomic E-state index is 11.8. The van der Waals surface area contributed by atoms with E-state index in [9.17, 15) is 8.42 Å². The van der Waals surface area contributed by atoms with Gasteiger partial charge in [0, 0.05) is 16.8 Å². The maximum Gasteiger partial charge on any atom is 0.229 e. The van der Waals surface area contributed by atoms with Crippen molar-refractivity contribution in [1.82, 2.24) is 10.3 Å². The predicted molar refractivity (Wildman–Crippen MR) is 152 cm³/mol. The van der Waals surface area contributed by atoms with Gasteiger partial charge >= 0.3 is 0 Å². The number of hydrogen-bond donors (Lipinski definition) is 2. The molecule has 0 unspecified atom stereocenters. The first kappa shape index (κ1) is 25.3. The topological polar surface area (TPSA) is 87.5 Å². The molecule has 0 amide bonds. The molecule has 37 heavy (non-hydrogen) atoms. The summed E-state index contributed by atoms with van der Waals surface area (Å²) in [6, 6.07) is 23.0. The highest BCUT2D eigenvalue weighted by molar-refractivity contribution is 7.99. The number of pyridine rings is 1. The van der Waals surface area contributed by atoms with E-state index in [0.29, 0.717) is 10.8 Å². The Balaban J connectivity index is 1.52. The third-order valence-corrected chi connectivity index (χ3v) is 7.85. The molecule has 7 nitrogen and oxygen atoms in total. The first-order valence-corrected chi connectivity index (χ1v) is 14.7. The van der Waals surface area contributed by atoms with Crippen molar-refractivity contribution in [3.63, 3.8) is 0 Å². The van der Waals surface area contributed by atoms with E-state index in [1.54, 1.807) is 24.0 Å². The molecule has 0 spiro atoms. The molecule has 190 valence electrons. The van der Waals surface area contributed by atoms with Crippen LogP contribution in [0.4, 0.5) is 11.4 Å². The second-order valence-electron chi connectivity index (χ2n) is 8.94. The van der Waals surface area contributed by atoms with Crippen LogP contribution in [0.3, 0.4) is 0 Å². The van der Waals surface area contributed by atoms with Crippen molar-refractivity contribution >= 4 is 50.5 Å². The highest BCUT2D eigenvalue weighted by atomic mass is 32.2. The zero-order valence-electron chi connectivity index (χ0n) is 20.5. The lowest BCUT2D eigenvalue weighted by atomic mass is 10.0. The quantitative estimate of drug-likeness (QED) is 0.271. The average molecular weight is 551 g/mol. The fourth-order valence-electron chi connectivity index (χ4n) is 4.30. The zero-order chi connectivity index (χ0) is 26.2. The molecule has 5 rings (SSSR count). The van der Waals surface area contributed by atoms with Crippen molar-refractivity contribution in [3.05, 3.63) is 102 Å². The summed E-state index contributed by atoms with van der Waals surface area (Å²) in [4.78, 5) is 7.68. The van der Waals surface area contributed by atoms with Gasteiger partial charge in [0.1, 0.15) is 11.8 Å². The van der Waals surface area contributed by atoms with Crippen molar-refractivity contribution in [3.8, 4) is 0 Å². The van der Waals surface area contributed by atoms with Gasteiger partial charge in [0.05, 0.1) is 23.7 Å². The second-order valence-corrected chi connectivity index (χ2v) is 12.2. The molecule has 1 aliphatic heterocycles. The fraction of sp³-hybridized carbons (Fsp3) is 0.185. The summed E-state index contributed by atoms with van der Waals surface area (Å²) in [5.74, 6) is 0.744. The number of nitrogens with zero attached hydrogens (tertiary/aromatic N) is 2. The standard InChI is InChI=1S/C27H26N4O3S3/c1-17-7-10-20(11-8-17)36-24-14-13-23(34-24)26-25(22-6-4-5-15-28-22)29-27(35)31(26)19-9-12-21(18(2)16-19)30-37(3,32)33/h4-16,25-26,30H,1-3H3,(H,29,35)/t25-,26-/m0/s1. The molecule has 2 N–H and O–H groups in total. The minimum absolute atomic E-state index is 0.244. The zero-order valence-corrected chi connectivity index (χ0v) is 23.0. The van der Waals surface area contributed by atoms with Crippen LogP contribution in [0.25, 0.3) is 0 Å². The minimum Gasteiger partial charge on any atom is -0.452 e. The van der Waals surface area contributed by atoms with Gasteiger partial charge < -0.3 is 14.6 Å². The molecule has 0 saturated carbocycles. The van der Waals surface area contributed by atoms with Crippen LogP contribution in [0, 0.1) is 13.8 Å². The van der Waals surface area contributed by atoms with Gasteiger partial charge in [-0.25, -0.2) is 8.42 Å². The van der Waals surface area contributed by atoms with Gasteiger partial charge in [-0.3, -0.25) is 9.71 Å². The number of hydrogen-bond acceptors (Lipinski definition) is 6. The van der Waals surface area contributed by atoms with E-state index in [2.05, 4.69) is 46.2 Å². The monoisotopic (exact) mass is 550 g/mol. The summed E-state index contributed by atoms with van der Waals surface area (Å²) in [5.41, 5.74) is 4.17. The summed E-state index contributed by atoms with van der Waals surface area (Å²) in [6.45, 7) is 3.92. The van der Waals surface area contributed by atoms with E-state index in [0.717, 1.165) is 38.9 Å². The molecule has 2 atom stereocenters. The van der Waals surface area contributed by atoms with Crippen LogP contribution in [-0.4, -0.2) is 24.8 Å². The highest BCUT2D eigenvalue weighted by Crippen LogP contribution is 2.44. The van der Waals surface area contributed by atoms with Crippen molar-refractivity contribution in [1.29, 1.82) is 0 Å². The van der Waals surface area contributed by atoms with Gasteiger partial charge in [0.15, 0.2) is 10.2 Å². The number of furan rings is 1. The number of thiocarbonyl (C=S) groups is 1. The number of benzene rings is 2. The third kappa shape index (κ3) is 5.66. The van der Waals surface area contributed by atoms with Gasteiger partial charge in [0.25, 0.3) is 0 Å². The Labute approximate surface area is 226 Å². The van der Waals surface area contributed by atoms with Gasteiger partial charge in [0.2, 0.25) is 10.0 Å². The SMILES string of the molecule is Cc1ccc(Sc2ccc([C@H]3[C@H](c4ccccn4)NC(=S)N3c3ccc(NS(C)(=O)=O)c(C)c3)o2)cc1. The Hall–Kier alpha value is -3.34. The molecule has 2 aromatic heterocycles. The fourth-order valence-corrected chi connectivity index (χ4v) is 6.06. The lowest BCUT2D eigenvalue weighted by molar-refractivity contribution is 0.383. The van der Waals surface area contributed by atoms with Crippen LogP contribution in [0.15, 0.2) is 93.4 Å². The summed E-state index contributed by atoms with van der Waals surface area (Å²) in [6.07, 6.45) is 2.90. The van der Waals surface area contributed by atoms with E-state index in [1.807, 2.05) is 54.3 Å². The Bertz CT molecular complexity index is 1540. The molecule has 1 aliphatic rings. The minimum atomic E-state index is -3.39. The van der Waals surface area contributed by atoms with Crippen molar-refractivity contribution in [2.24, 2.45) is 0 Å². The first-order chi connectivity index (χ1) is 17.7. The van der Waals surface area contributed by atoms with Crippen LogP contribution in [0.2, 0.25) is 0 Å². The van der Waals surface area contributed by atoms with Gasteiger partial charge in [-0.1, -0.05) is 35.5 Å². The van der Waals surface area contributed by atoms with E-state index in [4.69, 9.17) is 16.6 Å². The van der Waals surface area contributed by atoms with E-state index in [1.165, 1.54) is 5.56 Å². The number of rotatable bonds is 7. The average Bonchev–Trinajstić information content (AvgIpc) is 3.45. The molecule has 1 fully saturated rings. The van der Waals surface area contributed by atoms with Crippen LogP contribution < -0.4 is 14.9 Å². The molecular weight excluding hydrogens is 525 g/mol. The van der Waals surface area contributed by atoms with Crippen LogP contribution in [-0.2, 0) is 10.0 Å². The van der Waals surface area contributed by atoms with Crippen LogP contribution in [0.1, 0.15) is 34.7 Å². The smallest absolute Gasteiger partial charge is 0.229 e. The molecule has 0 bridgehead atoms. The summed E-state index contributed by atoms with van der Waals surface area (Å²) in [7, 11) is -3.39. The lowest BCUT2D eigenvalue weighted by Gasteiger charge is -2.26. The molecule has 0 aliphatic carbocycles. The number of aryl methyl sites for hydroxylation is 2. The molecule has 2 aromatic carbocycles. The molecule has 4 aromatic rings. The van der Waals surface area contributed by atoms with Crippen LogP contribution >= 0.6 is 24.0 Å². The third-order valence-electron chi connectivity index (χ3n) is 6.01. The summed E-state index contributed by atoms with van der Waals surface area (Å²) >= 11 is 7.35. The largest absolute Gasteiger partial charge is 0.452 e.